The number of sulfonamides is 1. The first-order valence-corrected chi connectivity index (χ1v) is 14.7. The van der Waals surface area contributed by atoms with Crippen LogP contribution in [0.25, 0.3) is 0 Å². The molecule has 1 aliphatic rings. The van der Waals surface area contributed by atoms with Gasteiger partial charge in [0, 0.05) is 25.7 Å². The van der Waals surface area contributed by atoms with Gasteiger partial charge in [-0.25, -0.2) is 12.8 Å². The van der Waals surface area contributed by atoms with Crippen molar-refractivity contribution in [3.8, 4) is 0 Å². The second kappa shape index (κ2) is 13.2. The SMILES string of the molecule is Cc1cc(C)c(S(=O)(=O)N(C)CCOCC(=O)NC2CCC(C(c3ccc(F)cc3)N(C)C)CC2)c(C)c1. The maximum Gasteiger partial charge on any atom is 0.246 e. The Morgan fingerprint density at radius 3 is 2.16 bits per heavy atom. The summed E-state index contributed by atoms with van der Waals surface area (Å²) in [7, 11) is 1.97. The monoisotopic (exact) mass is 547 g/mol. The molecule has 9 heteroatoms. The summed E-state index contributed by atoms with van der Waals surface area (Å²) in [5, 5.41) is 3.06. The number of carbonyl (C=O) groups excluding carboxylic acids is 1. The summed E-state index contributed by atoms with van der Waals surface area (Å²) < 4.78 is 46.3. The average molecular weight is 548 g/mol. The Balaban J connectivity index is 1.42. The van der Waals surface area contributed by atoms with E-state index in [4.69, 9.17) is 4.74 Å². The minimum atomic E-state index is -3.65. The average Bonchev–Trinajstić information content (AvgIpc) is 2.83. The van der Waals surface area contributed by atoms with Crippen LogP contribution in [0.1, 0.15) is 54.0 Å². The number of ether oxygens (including phenoxy) is 1. The van der Waals surface area contributed by atoms with Gasteiger partial charge in [0.15, 0.2) is 0 Å². The zero-order valence-electron chi connectivity index (χ0n) is 23.5. The second-order valence-electron chi connectivity index (χ2n) is 10.7. The molecule has 0 radical (unpaired) electrons. The van der Waals surface area contributed by atoms with E-state index >= 15 is 0 Å². The molecule has 0 aliphatic heterocycles. The lowest BCUT2D eigenvalue weighted by Gasteiger charge is -2.37. The third-order valence-corrected chi connectivity index (χ3v) is 9.57. The van der Waals surface area contributed by atoms with E-state index in [1.165, 1.54) is 23.5 Å². The molecule has 1 saturated carbocycles. The number of rotatable bonds is 11. The van der Waals surface area contributed by atoms with Gasteiger partial charge < -0.3 is 15.0 Å². The molecule has 38 heavy (non-hydrogen) atoms. The number of nitrogens with one attached hydrogen (secondary N) is 1. The van der Waals surface area contributed by atoms with Gasteiger partial charge in [-0.2, -0.15) is 4.31 Å². The number of hydrogen-bond donors (Lipinski definition) is 1. The predicted octanol–water partition coefficient (Wildman–Crippen LogP) is 4.37. The molecule has 7 nitrogen and oxygen atoms in total. The third-order valence-electron chi connectivity index (χ3n) is 7.41. The Kier molecular flexibility index (Phi) is 10.5. The van der Waals surface area contributed by atoms with E-state index in [0.29, 0.717) is 10.8 Å². The van der Waals surface area contributed by atoms with Crippen LogP contribution in [0, 0.1) is 32.5 Å². The summed E-state index contributed by atoms with van der Waals surface area (Å²) in [6.45, 7) is 5.73. The van der Waals surface area contributed by atoms with Gasteiger partial charge in [0.2, 0.25) is 15.9 Å². The van der Waals surface area contributed by atoms with Crippen molar-refractivity contribution < 1.29 is 22.3 Å². The lowest BCUT2D eigenvalue weighted by molar-refractivity contribution is -0.126. The molecule has 1 aliphatic carbocycles. The lowest BCUT2D eigenvalue weighted by atomic mass is 9.78. The summed E-state index contributed by atoms with van der Waals surface area (Å²) in [5.41, 5.74) is 3.57. The minimum Gasteiger partial charge on any atom is -0.370 e. The molecular formula is C29H42FN3O4S. The first kappa shape index (κ1) is 30.2. The first-order chi connectivity index (χ1) is 17.9. The highest BCUT2D eigenvalue weighted by Crippen LogP contribution is 2.37. The van der Waals surface area contributed by atoms with Gasteiger partial charge in [0.1, 0.15) is 12.4 Å². The molecule has 1 amide bonds. The molecule has 210 valence electrons. The molecule has 0 heterocycles. The standard InChI is InChI=1S/C29H42FN3O4S/c1-20-17-21(2)29(22(3)18-20)38(35,36)33(6)15-16-37-19-27(34)31-26-13-9-24(10-14-26)28(32(4)5)23-7-11-25(30)12-8-23/h7-8,11-12,17-18,24,26,28H,9-10,13-16,19H2,1-6H3,(H,31,34). The van der Waals surface area contributed by atoms with Crippen molar-refractivity contribution in [1.29, 1.82) is 0 Å². The van der Waals surface area contributed by atoms with Crippen LogP contribution in [-0.4, -0.2) is 70.5 Å². The van der Waals surface area contributed by atoms with Crippen LogP contribution in [0.5, 0.6) is 0 Å². The molecule has 1 N–H and O–H groups in total. The molecular weight excluding hydrogens is 505 g/mol. The highest BCUT2D eigenvalue weighted by atomic mass is 32.2. The van der Waals surface area contributed by atoms with Crippen LogP contribution in [0.4, 0.5) is 4.39 Å². The van der Waals surface area contributed by atoms with Crippen LogP contribution in [-0.2, 0) is 19.6 Å². The van der Waals surface area contributed by atoms with Crippen molar-refractivity contribution in [2.75, 3.05) is 40.9 Å². The van der Waals surface area contributed by atoms with E-state index in [1.54, 1.807) is 13.8 Å². The van der Waals surface area contributed by atoms with Crippen molar-refractivity contribution in [2.45, 2.75) is 63.4 Å². The molecule has 0 saturated heterocycles. The fraction of sp³-hybridized carbons (Fsp3) is 0.552. The molecule has 1 unspecified atom stereocenters. The Hall–Kier alpha value is -2.33. The summed E-state index contributed by atoms with van der Waals surface area (Å²) in [5.74, 6) is 0.00894. The fourth-order valence-electron chi connectivity index (χ4n) is 5.71. The van der Waals surface area contributed by atoms with E-state index < -0.39 is 10.0 Å². The smallest absolute Gasteiger partial charge is 0.246 e. The highest BCUT2D eigenvalue weighted by Gasteiger charge is 2.30. The van der Waals surface area contributed by atoms with E-state index in [0.717, 1.165) is 47.9 Å². The first-order valence-electron chi connectivity index (χ1n) is 13.2. The number of halogens is 1. The van der Waals surface area contributed by atoms with E-state index in [2.05, 4.69) is 10.2 Å². The van der Waals surface area contributed by atoms with Crippen molar-refractivity contribution >= 4 is 15.9 Å². The molecule has 2 aromatic carbocycles. The minimum absolute atomic E-state index is 0.0916. The van der Waals surface area contributed by atoms with Gasteiger partial charge in [0.05, 0.1) is 11.5 Å². The van der Waals surface area contributed by atoms with Gasteiger partial charge in [-0.15, -0.1) is 0 Å². The molecule has 1 atom stereocenters. The Labute approximate surface area is 227 Å². The molecule has 2 aromatic rings. The van der Waals surface area contributed by atoms with Gasteiger partial charge in [-0.1, -0.05) is 29.8 Å². The third kappa shape index (κ3) is 7.62. The maximum absolute atomic E-state index is 13.4. The van der Waals surface area contributed by atoms with Gasteiger partial charge >= 0.3 is 0 Å². The van der Waals surface area contributed by atoms with E-state index in [-0.39, 0.29) is 43.6 Å². The molecule has 0 spiro atoms. The van der Waals surface area contributed by atoms with Crippen LogP contribution >= 0.6 is 0 Å². The molecule has 0 aromatic heterocycles. The number of amides is 1. The van der Waals surface area contributed by atoms with Gasteiger partial charge in [-0.05, 0) is 95.3 Å². The van der Waals surface area contributed by atoms with Gasteiger partial charge in [0.25, 0.3) is 0 Å². The van der Waals surface area contributed by atoms with Crippen molar-refractivity contribution in [2.24, 2.45) is 5.92 Å². The number of likely N-dealkylation sites (N-methyl/N-ethyl adjacent to an activating group) is 1. The Bertz CT molecular complexity index is 1170. The topological polar surface area (TPSA) is 78.9 Å². The number of benzene rings is 2. The van der Waals surface area contributed by atoms with Crippen molar-refractivity contribution in [3.05, 3.63) is 64.5 Å². The number of aryl methyl sites for hydroxylation is 3. The zero-order chi connectivity index (χ0) is 28.0. The largest absolute Gasteiger partial charge is 0.370 e. The Morgan fingerprint density at radius 1 is 1.03 bits per heavy atom. The summed E-state index contributed by atoms with van der Waals surface area (Å²) in [4.78, 5) is 15.0. The second-order valence-corrected chi connectivity index (χ2v) is 12.7. The predicted molar refractivity (Wildman–Crippen MR) is 148 cm³/mol. The fourth-order valence-corrected chi connectivity index (χ4v) is 7.27. The normalized spacial score (nSPS) is 19.1. The maximum atomic E-state index is 13.4. The lowest BCUT2D eigenvalue weighted by Crippen LogP contribution is -2.41. The molecule has 1 fully saturated rings. The number of carbonyl (C=O) groups is 1. The van der Waals surface area contributed by atoms with Crippen molar-refractivity contribution in [3.63, 3.8) is 0 Å². The van der Waals surface area contributed by atoms with Crippen LogP contribution in [0.2, 0.25) is 0 Å². The number of hydrogen-bond acceptors (Lipinski definition) is 5. The van der Waals surface area contributed by atoms with Crippen LogP contribution in [0.3, 0.4) is 0 Å². The Morgan fingerprint density at radius 2 is 1.61 bits per heavy atom. The van der Waals surface area contributed by atoms with Crippen molar-refractivity contribution in [1.82, 2.24) is 14.5 Å². The quantitative estimate of drug-likeness (QED) is 0.423. The molecule has 3 rings (SSSR count). The zero-order valence-corrected chi connectivity index (χ0v) is 24.3. The number of nitrogens with zero attached hydrogens (tertiary/aromatic N) is 2. The summed E-state index contributed by atoms with van der Waals surface area (Å²) in [6, 6.07) is 10.8. The summed E-state index contributed by atoms with van der Waals surface area (Å²) >= 11 is 0. The van der Waals surface area contributed by atoms with Crippen LogP contribution < -0.4 is 5.32 Å². The van der Waals surface area contributed by atoms with Crippen LogP contribution in [0.15, 0.2) is 41.3 Å². The summed E-state index contributed by atoms with van der Waals surface area (Å²) in [6.07, 6.45) is 3.68. The van der Waals surface area contributed by atoms with E-state index in [9.17, 15) is 17.6 Å². The molecule has 0 bridgehead atoms. The highest BCUT2D eigenvalue weighted by molar-refractivity contribution is 7.89. The van der Waals surface area contributed by atoms with Gasteiger partial charge in [-0.3, -0.25) is 4.79 Å². The van der Waals surface area contributed by atoms with E-state index in [1.807, 2.05) is 45.3 Å².